The van der Waals surface area contributed by atoms with Crippen molar-refractivity contribution in [2.45, 2.75) is 50.7 Å². The lowest BCUT2D eigenvalue weighted by Gasteiger charge is -2.42. The van der Waals surface area contributed by atoms with E-state index in [1.165, 1.54) is 5.19 Å². The van der Waals surface area contributed by atoms with E-state index in [0.717, 1.165) is 6.04 Å². The van der Waals surface area contributed by atoms with Crippen LogP contribution in [-0.4, -0.2) is 28.7 Å². The van der Waals surface area contributed by atoms with Gasteiger partial charge in [0.1, 0.15) is 0 Å². The van der Waals surface area contributed by atoms with Gasteiger partial charge < -0.3 is 4.74 Å². The second-order valence-electron chi connectivity index (χ2n) is 7.13. The zero-order chi connectivity index (χ0) is 16.8. The highest BCUT2D eigenvalue weighted by molar-refractivity contribution is 7.03. The minimum atomic E-state index is -1.76. The van der Waals surface area contributed by atoms with Crippen molar-refractivity contribution in [3.05, 3.63) is 43.0 Å². The van der Waals surface area contributed by atoms with E-state index >= 15 is 0 Å². The van der Waals surface area contributed by atoms with Crippen LogP contribution in [0.2, 0.25) is 37.4 Å². The molecule has 0 radical (unpaired) electrons. The molecule has 0 aromatic heterocycles. The predicted octanol–water partition coefficient (Wildman–Crippen LogP) is 4.36. The van der Waals surface area contributed by atoms with Crippen molar-refractivity contribution in [2.75, 3.05) is 6.61 Å². The zero-order valence-electron chi connectivity index (χ0n) is 14.7. The molecule has 0 saturated heterocycles. The summed E-state index contributed by atoms with van der Waals surface area (Å²) in [7, 11) is -3.36. The quantitative estimate of drug-likeness (QED) is 0.401. The molecular weight excluding hydrogens is 304 g/mol. The standard InChI is InChI=1S/C18H30O2Si2/c1-7-14-21(3,4)18(15-17(19)20-8-2)22(5,6)16-12-10-9-11-13-16/h7,9-13,18H,1,8,14-15H2,2-6H3. The molecule has 1 rings (SSSR count). The SMILES string of the molecule is C=CC[Si](C)(C)C(CC(=O)OCC)[Si](C)(C)c1ccccc1. The van der Waals surface area contributed by atoms with Gasteiger partial charge in [0.05, 0.1) is 22.8 Å². The van der Waals surface area contributed by atoms with E-state index < -0.39 is 16.1 Å². The molecule has 0 saturated carbocycles. The fourth-order valence-electron chi connectivity index (χ4n) is 3.48. The van der Waals surface area contributed by atoms with Gasteiger partial charge in [-0.25, -0.2) is 0 Å². The molecule has 1 atom stereocenters. The average molecular weight is 335 g/mol. The molecule has 122 valence electrons. The lowest BCUT2D eigenvalue weighted by atomic mass is 10.4. The van der Waals surface area contributed by atoms with Crippen LogP contribution < -0.4 is 5.19 Å². The number of rotatable bonds is 8. The molecule has 0 fully saturated rings. The summed E-state index contributed by atoms with van der Waals surface area (Å²) in [5, 5.41) is 1.87. The van der Waals surface area contributed by atoms with Crippen LogP contribution in [0.15, 0.2) is 43.0 Å². The van der Waals surface area contributed by atoms with E-state index in [0.29, 0.717) is 18.2 Å². The zero-order valence-corrected chi connectivity index (χ0v) is 16.7. The maximum atomic E-state index is 12.2. The largest absolute Gasteiger partial charge is 0.466 e. The number of hydrogen-bond acceptors (Lipinski definition) is 2. The molecule has 1 aromatic rings. The molecule has 1 unspecified atom stereocenters. The summed E-state index contributed by atoms with van der Waals surface area (Å²) in [6.45, 7) is 15.8. The first-order valence-corrected chi connectivity index (χ1v) is 14.4. The Balaban J connectivity index is 3.18. The maximum absolute atomic E-state index is 12.2. The molecule has 0 amide bonds. The summed E-state index contributed by atoms with van der Waals surface area (Å²) in [4.78, 5) is 12.2. The fraction of sp³-hybridized carbons (Fsp3) is 0.500. The Morgan fingerprint density at radius 2 is 1.82 bits per heavy atom. The van der Waals surface area contributed by atoms with Crippen LogP contribution in [0.1, 0.15) is 13.3 Å². The van der Waals surface area contributed by atoms with E-state index in [1.54, 1.807) is 0 Å². The lowest BCUT2D eigenvalue weighted by Crippen LogP contribution is -2.55. The minimum absolute atomic E-state index is 0.0476. The van der Waals surface area contributed by atoms with E-state index in [4.69, 9.17) is 4.74 Å². The molecule has 0 bridgehead atoms. The van der Waals surface area contributed by atoms with Gasteiger partial charge in [0.25, 0.3) is 0 Å². The van der Waals surface area contributed by atoms with Crippen LogP contribution in [0.5, 0.6) is 0 Å². The Morgan fingerprint density at radius 3 is 2.32 bits per heavy atom. The molecule has 0 aliphatic heterocycles. The Labute approximate surface area is 137 Å². The average Bonchev–Trinajstić information content (AvgIpc) is 2.45. The van der Waals surface area contributed by atoms with Crippen LogP contribution in [-0.2, 0) is 9.53 Å². The number of esters is 1. The van der Waals surface area contributed by atoms with Gasteiger partial charge in [0.15, 0.2) is 0 Å². The molecular formula is C18H30O2Si2. The Morgan fingerprint density at radius 1 is 1.23 bits per heavy atom. The lowest BCUT2D eigenvalue weighted by molar-refractivity contribution is -0.142. The first-order chi connectivity index (χ1) is 10.3. The van der Waals surface area contributed by atoms with E-state index in [-0.39, 0.29) is 5.97 Å². The second-order valence-corrected chi connectivity index (χ2v) is 17.5. The van der Waals surface area contributed by atoms with Crippen molar-refractivity contribution in [1.29, 1.82) is 0 Å². The van der Waals surface area contributed by atoms with Crippen LogP contribution in [0, 0.1) is 0 Å². The van der Waals surface area contributed by atoms with Crippen molar-refractivity contribution in [3.8, 4) is 0 Å². The maximum Gasteiger partial charge on any atom is 0.305 e. The van der Waals surface area contributed by atoms with Crippen LogP contribution in [0.3, 0.4) is 0 Å². The molecule has 0 N–H and O–H groups in total. The van der Waals surface area contributed by atoms with Crippen molar-refractivity contribution in [1.82, 2.24) is 0 Å². The first-order valence-electron chi connectivity index (χ1n) is 8.07. The van der Waals surface area contributed by atoms with E-state index in [2.05, 4.69) is 63.1 Å². The summed E-state index contributed by atoms with van der Waals surface area (Å²) in [6.07, 6.45) is 2.58. The topological polar surface area (TPSA) is 26.3 Å². The van der Waals surface area contributed by atoms with Gasteiger partial charge in [-0.15, -0.1) is 6.58 Å². The third-order valence-corrected chi connectivity index (χ3v) is 16.4. The van der Waals surface area contributed by atoms with Crippen molar-refractivity contribution in [2.24, 2.45) is 0 Å². The number of carbonyl (C=O) groups excluding carboxylic acids is 1. The van der Waals surface area contributed by atoms with Gasteiger partial charge in [0, 0.05) is 6.42 Å². The summed E-state index contributed by atoms with van der Waals surface area (Å²) in [6, 6.07) is 11.8. The summed E-state index contributed by atoms with van der Waals surface area (Å²) < 4.78 is 5.26. The second kappa shape index (κ2) is 7.93. The normalized spacial score (nSPS) is 13.5. The van der Waals surface area contributed by atoms with Crippen molar-refractivity contribution >= 4 is 27.3 Å². The number of ether oxygens (including phenoxy) is 1. The van der Waals surface area contributed by atoms with Crippen LogP contribution >= 0.6 is 0 Å². The van der Waals surface area contributed by atoms with Crippen LogP contribution in [0.4, 0.5) is 0 Å². The minimum Gasteiger partial charge on any atom is -0.466 e. The fourth-order valence-corrected chi connectivity index (χ4v) is 16.0. The monoisotopic (exact) mass is 334 g/mol. The van der Waals surface area contributed by atoms with Gasteiger partial charge in [-0.05, 0) is 18.1 Å². The molecule has 22 heavy (non-hydrogen) atoms. The molecule has 0 heterocycles. The molecule has 0 spiro atoms. The molecule has 0 aliphatic carbocycles. The smallest absolute Gasteiger partial charge is 0.305 e. The third kappa shape index (κ3) is 4.68. The van der Waals surface area contributed by atoms with E-state index in [1.807, 2.05) is 13.0 Å². The van der Waals surface area contributed by atoms with E-state index in [9.17, 15) is 4.79 Å². The Hall–Kier alpha value is -1.14. The summed E-state index contributed by atoms with van der Waals surface area (Å²) in [5.41, 5.74) is 0. The number of benzene rings is 1. The number of carbonyl (C=O) groups is 1. The first kappa shape index (κ1) is 18.9. The van der Waals surface area contributed by atoms with Gasteiger partial charge in [-0.3, -0.25) is 4.79 Å². The molecule has 0 aliphatic rings. The van der Waals surface area contributed by atoms with Crippen molar-refractivity contribution in [3.63, 3.8) is 0 Å². The summed E-state index contributed by atoms with van der Waals surface area (Å²) in [5.74, 6) is -0.0476. The third-order valence-electron chi connectivity index (χ3n) is 4.68. The molecule has 2 nitrogen and oxygen atoms in total. The van der Waals surface area contributed by atoms with Gasteiger partial charge in [-0.1, -0.05) is 67.8 Å². The highest BCUT2D eigenvalue weighted by Crippen LogP contribution is 2.38. The number of allylic oxidation sites excluding steroid dienone is 1. The van der Waals surface area contributed by atoms with Gasteiger partial charge in [0.2, 0.25) is 0 Å². The molecule has 1 aromatic carbocycles. The predicted molar refractivity (Wildman–Crippen MR) is 101 cm³/mol. The van der Waals surface area contributed by atoms with Gasteiger partial charge in [-0.2, -0.15) is 0 Å². The van der Waals surface area contributed by atoms with Crippen molar-refractivity contribution < 1.29 is 9.53 Å². The van der Waals surface area contributed by atoms with Gasteiger partial charge >= 0.3 is 5.97 Å². The Bertz CT molecular complexity index is 495. The summed E-state index contributed by atoms with van der Waals surface area (Å²) >= 11 is 0. The number of hydrogen-bond donors (Lipinski definition) is 0. The Kier molecular flexibility index (Phi) is 6.81. The highest BCUT2D eigenvalue weighted by atomic mass is 28.4. The molecule has 4 heteroatoms. The highest BCUT2D eigenvalue weighted by Gasteiger charge is 2.44. The van der Waals surface area contributed by atoms with Crippen LogP contribution in [0.25, 0.3) is 0 Å².